The number of nitrogens with zero attached hydrogens (tertiary/aromatic N) is 4. The summed E-state index contributed by atoms with van der Waals surface area (Å²) in [6.07, 6.45) is 0. The normalized spacial score (nSPS) is 10.7. The van der Waals surface area contributed by atoms with Crippen molar-refractivity contribution in [1.82, 2.24) is 19.3 Å². The van der Waals surface area contributed by atoms with Crippen molar-refractivity contribution in [3.63, 3.8) is 0 Å². The maximum atomic E-state index is 12.2. The van der Waals surface area contributed by atoms with Crippen LogP contribution in [-0.4, -0.2) is 33.4 Å². The van der Waals surface area contributed by atoms with E-state index in [2.05, 4.69) is 20.8 Å². The van der Waals surface area contributed by atoms with Crippen LogP contribution in [0.4, 0.5) is 11.5 Å². The Morgan fingerprint density at radius 1 is 1.00 bits per heavy atom. The van der Waals surface area contributed by atoms with Gasteiger partial charge in [-0.05, 0) is 0 Å². The molecule has 8 heteroatoms. The van der Waals surface area contributed by atoms with Gasteiger partial charge < -0.3 is 10.6 Å². The molecule has 0 aromatic carbocycles. The highest BCUT2D eigenvalue weighted by Gasteiger charge is 2.16. The number of hydrogen-bond acceptors (Lipinski definition) is 6. The van der Waals surface area contributed by atoms with Crippen molar-refractivity contribution in [3.8, 4) is 0 Å². The summed E-state index contributed by atoms with van der Waals surface area (Å²) in [5.41, 5.74) is -0.0462. The molecule has 2 rings (SSSR count). The Labute approximate surface area is 102 Å². The van der Waals surface area contributed by atoms with Crippen molar-refractivity contribution in [1.29, 1.82) is 0 Å². The van der Waals surface area contributed by atoms with Crippen molar-refractivity contribution in [2.24, 2.45) is 14.1 Å². The van der Waals surface area contributed by atoms with Gasteiger partial charge in [0.2, 0.25) is 0 Å². The molecule has 2 aromatic heterocycles. The van der Waals surface area contributed by atoms with E-state index in [9.17, 15) is 9.59 Å². The molecule has 0 saturated heterocycles. The highest BCUT2D eigenvalue weighted by atomic mass is 16.2. The van der Waals surface area contributed by atoms with Gasteiger partial charge in [-0.15, -0.1) is 10.2 Å². The van der Waals surface area contributed by atoms with E-state index >= 15 is 0 Å². The van der Waals surface area contributed by atoms with Crippen LogP contribution in [0.5, 0.6) is 0 Å². The van der Waals surface area contributed by atoms with E-state index in [0.717, 1.165) is 4.57 Å². The molecule has 0 radical (unpaired) electrons. The van der Waals surface area contributed by atoms with Gasteiger partial charge >= 0.3 is 5.69 Å². The molecule has 0 saturated carbocycles. The fourth-order valence-electron chi connectivity index (χ4n) is 1.85. The standard InChI is InChI=1S/C10H14N6O2/c1-11-6-5-8(14-13-7(6)12-2)15(3)10(18)16(4)9(5)17/h1-4H3,(H,11,14)(H,12,13). The number of aromatic nitrogens is 4. The summed E-state index contributed by atoms with van der Waals surface area (Å²) in [5, 5.41) is 14.0. The molecule has 2 N–H and O–H groups in total. The quantitative estimate of drug-likeness (QED) is 0.718. The lowest BCUT2D eigenvalue weighted by Gasteiger charge is -2.12. The highest BCUT2D eigenvalue weighted by Crippen LogP contribution is 2.23. The summed E-state index contributed by atoms with van der Waals surface area (Å²) in [4.78, 5) is 23.9. The molecule has 0 unspecified atom stereocenters. The molecular formula is C10H14N6O2. The highest BCUT2D eigenvalue weighted by molar-refractivity contribution is 5.93. The Balaban J connectivity index is 3.12. The van der Waals surface area contributed by atoms with E-state index in [1.807, 2.05) is 0 Å². The maximum absolute atomic E-state index is 12.2. The minimum absolute atomic E-state index is 0.256. The molecular weight excluding hydrogens is 236 g/mol. The number of nitrogens with one attached hydrogen (secondary N) is 2. The van der Waals surface area contributed by atoms with Crippen molar-refractivity contribution in [2.45, 2.75) is 0 Å². The van der Waals surface area contributed by atoms with E-state index in [1.54, 1.807) is 21.1 Å². The zero-order valence-electron chi connectivity index (χ0n) is 10.6. The number of rotatable bonds is 2. The van der Waals surface area contributed by atoms with Crippen molar-refractivity contribution < 1.29 is 0 Å². The number of aryl methyl sites for hydroxylation is 1. The summed E-state index contributed by atoms with van der Waals surface area (Å²) in [6.45, 7) is 0. The van der Waals surface area contributed by atoms with Gasteiger partial charge in [0.1, 0.15) is 5.39 Å². The van der Waals surface area contributed by atoms with Crippen LogP contribution in [0.25, 0.3) is 11.0 Å². The average Bonchev–Trinajstić information content (AvgIpc) is 2.40. The van der Waals surface area contributed by atoms with E-state index in [4.69, 9.17) is 0 Å². The molecule has 0 bridgehead atoms. The van der Waals surface area contributed by atoms with Gasteiger partial charge in [-0.3, -0.25) is 13.9 Å². The predicted octanol–water partition coefficient (Wildman–Crippen LogP) is -0.889. The van der Waals surface area contributed by atoms with Crippen LogP contribution in [0, 0.1) is 0 Å². The lowest BCUT2D eigenvalue weighted by Crippen LogP contribution is -2.37. The van der Waals surface area contributed by atoms with Crippen LogP contribution in [0.1, 0.15) is 0 Å². The first kappa shape index (κ1) is 12.1. The zero-order valence-corrected chi connectivity index (χ0v) is 10.6. The third-order valence-corrected chi connectivity index (χ3v) is 2.85. The van der Waals surface area contributed by atoms with Gasteiger partial charge in [0.15, 0.2) is 11.5 Å². The van der Waals surface area contributed by atoms with Gasteiger partial charge in [-0.25, -0.2) is 4.79 Å². The monoisotopic (exact) mass is 250 g/mol. The van der Waals surface area contributed by atoms with Gasteiger partial charge in [-0.2, -0.15) is 0 Å². The van der Waals surface area contributed by atoms with E-state index in [1.165, 1.54) is 11.6 Å². The first-order chi connectivity index (χ1) is 8.52. The first-order valence-electron chi connectivity index (χ1n) is 5.34. The van der Waals surface area contributed by atoms with Crippen LogP contribution in [0.2, 0.25) is 0 Å². The van der Waals surface area contributed by atoms with Gasteiger partial charge in [-0.1, -0.05) is 0 Å². The summed E-state index contributed by atoms with van der Waals surface area (Å²) in [5.74, 6) is 0.459. The molecule has 0 aliphatic heterocycles. The second kappa shape index (κ2) is 4.13. The predicted molar refractivity (Wildman–Crippen MR) is 69.1 cm³/mol. The molecule has 0 atom stereocenters. The SMILES string of the molecule is CNc1nnc2c(c1NC)c(=O)n(C)c(=O)n2C. The number of fused-ring (bicyclic) bond motifs is 1. The first-order valence-corrected chi connectivity index (χ1v) is 5.34. The Morgan fingerprint density at radius 3 is 2.22 bits per heavy atom. The number of anilines is 2. The third-order valence-electron chi connectivity index (χ3n) is 2.85. The molecule has 0 aliphatic rings. The molecule has 2 aromatic rings. The van der Waals surface area contributed by atoms with Gasteiger partial charge in [0, 0.05) is 28.2 Å². The van der Waals surface area contributed by atoms with Crippen LogP contribution in [0.15, 0.2) is 9.59 Å². The second-order valence-corrected chi connectivity index (χ2v) is 3.83. The van der Waals surface area contributed by atoms with Crippen LogP contribution >= 0.6 is 0 Å². The van der Waals surface area contributed by atoms with Crippen molar-refractivity contribution in [2.75, 3.05) is 24.7 Å². The molecule has 8 nitrogen and oxygen atoms in total. The molecule has 0 aliphatic carbocycles. The molecule has 0 fully saturated rings. The van der Waals surface area contributed by atoms with Gasteiger partial charge in [0.25, 0.3) is 5.56 Å². The summed E-state index contributed by atoms with van der Waals surface area (Å²) < 4.78 is 2.34. The molecule has 2 heterocycles. The minimum atomic E-state index is -0.430. The summed E-state index contributed by atoms with van der Waals surface area (Å²) in [6, 6.07) is 0. The molecule has 0 amide bonds. The fraction of sp³-hybridized carbons (Fsp3) is 0.400. The van der Waals surface area contributed by atoms with E-state index < -0.39 is 11.2 Å². The van der Waals surface area contributed by atoms with Crippen LogP contribution < -0.4 is 21.9 Å². The Morgan fingerprint density at radius 2 is 1.67 bits per heavy atom. The zero-order chi connectivity index (χ0) is 13.4. The molecule has 0 spiro atoms. The third kappa shape index (κ3) is 1.45. The minimum Gasteiger partial charge on any atom is -0.384 e. The summed E-state index contributed by atoms with van der Waals surface area (Å²) in [7, 11) is 6.35. The maximum Gasteiger partial charge on any atom is 0.332 e. The van der Waals surface area contributed by atoms with Crippen LogP contribution in [0.3, 0.4) is 0 Å². The summed E-state index contributed by atoms with van der Waals surface area (Å²) >= 11 is 0. The lowest BCUT2D eigenvalue weighted by atomic mass is 10.3. The average molecular weight is 250 g/mol. The molecule has 96 valence electrons. The van der Waals surface area contributed by atoms with Gasteiger partial charge in [0.05, 0.1) is 5.69 Å². The molecule has 18 heavy (non-hydrogen) atoms. The Hall–Kier alpha value is -2.38. The Kier molecular flexibility index (Phi) is 2.77. The Bertz CT molecular complexity index is 730. The fourth-order valence-corrected chi connectivity index (χ4v) is 1.85. The topological polar surface area (TPSA) is 93.8 Å². The number of hydrogen-bond donors (Lipinski definition) is 2. The van der Waals surface area contributed by atoms with Crippen molar-refractivity contribution >= 4 is 22.5 Å². The van der Waals surface area contributed by atoms with E-state index in [0.29, 0.717) is 16.9 Å². The van der Waals surface area contributed by atoms with E-state index in [-0.39, 0.29) is 5.65 Å². The largest absolute Gasteiger partial charge is 0.384 e. The smallest absolute Gasteiger partial charge is 0.332 e. The van der Waals surface area contributed by atoms with Crippen LogP contribution in [-0.2, 0) is 14.1 Å². The second-order valence-electron chi connectivity index (χ2n) is 3.83. The van der Waals surface area contributed by atoms with Crippen molar-refractivity contribution in [3.05, 3.63) is 20.8 Å². The lowest BCUT2D eigenvalue weighted by molar-refractivity contribution is 0.703.